The molecule has 2 aromatic rings. The van der Waals surface area contributed by atoms with Gasteiger partial charge in [0.1, 0.15) is 6.07 Å². The van der Waals surface area contributed by atoms with E-state index in [1.807, 2.05) is 24.3 Å². The molecule has 0 aliphatic carbocycles. The summed E-state index contributed by atoms with van der Waals surface area (Å²) >= 11 is 0. The van der Waals surface area contributed by atoms with Crippen LogP contribution in [0, 0.1) is 11.3 Å². The summed E-state index contributed by atoms with van der Waals surface area (Å²) in [7, 11) is 3.38. The number of hydrogen-bond acceptors (Lipinski definition) is 4. The highest BCUT2D eigenvalue weighted by Crippen LogP contribution is 2.28. The molecule has 0 radical (unpaired) electrons. The zero-order valence-electron chi connectivity index (χ0n) is 10.8. The van der Waals surface area contributed by atoms with Crippen LogP contribution in [0.1, 0.15) is 5.56 Å². The van der Waals surface area contributed by atoms with Crippen LogP contribution in [0.15, 0.2) is 30.5 Å². The Balaban J connectivity index is 2.56. The number of anilines is 1. The second-order valence-corrected chi connectivity index (χ2v) is 4.18. The monoisotopic (exact) mass is 254 g/mol. The molecule has 0 aliphatic heterocycles. The van der Waals surface area contributed by atoms with E-state index in [-0.39, 0.29) is 12.5 Å². The molecule has 0 saturated carbocycles. The number of likely N-dealkylation sites (N-methyl/N-ethyl adjacent to an activating group) is 2. The molecular weight excluding hydrogens is 240 g/mol. The number of hydrogen-bond donors (Lipinski definition) is 1. The number of nitrogens with zero attached hydrogens (tertiary/aromatic N) is 3. The number of nitrogens with one attached hydrogen (secondary N) is 1. The van der Waals surface area contributed by atoms with Crippen LogP contribution >= 0.6 is 0 Å². The Morgan fingerprint density at radius 2 is 2.21 bits per heavy atom. The van der Waals surface area contributed by atoms with Gasteiger partial charge < -0.3 is 10.2 Å². The fourth-order valence-electron chi connectivity index (χ4n) is 1.99. The van der Waals surface area contributed by atoms with E-state index < -0.39 is 0 Å². The van der Waals surface area contributed by atoms with E-state index in [0.717, 1.165) is 16.6 Å². The average Bonchev–Trinajstić information content (AvgIpc) is 2.45. The summed E-state index contributed by atoms with van der Waals surface area (Å²) in [6.07, 6.45) is 1.54. The van der Waals surface area contributed by atoms with Gasteiger partial charge in [-0.05, 0) is 6.07 Å². The van der Waals surface area contributed by atoms with Crippen molar-refractivity contribution in [3.05, 3.63) is 36.0 Å². The molecule has 1 aromatic heterocycles. The number of para-hydroxylation sites is 1. The van der Waals surface area contributed by atoms with Crippen molar-refractivity contribution in [1.82, 2.24) is 10.3 Å². The fraction of sp³-hybridized carbons (Fsp3) is 0.214. The van der Waals surface area contributed by atoms with Crippen LogP contribution in [0.3, 0.4) is 0 Å². The first-order valence-electron chi connectivity index (χ1n) is 5.87. The molecule has 19 heavy (non-hydrogen) atoms. The van der Waals surface area contributed by atoms with Gasteiger partial charge in [-0.1, -0.05) is 18.2 Å². The minimum Gasteiger partial charge on any atom is -0.364 e. The van der Waals surface area contributed by atoms with Crippen molar-refractivity contribution in [3.8, 4) is 6.07 Å². The van der Waals surface area contributed by atoms with E-state index in [4.69, 9.17) is 0 Å². The van der Waals surface area contributed by atoms with E-state index in [0.29, 0.717) is 5.56 Å². The molecule has 0 saturated heterocycles. The van der Waals surface area contributed by atoms with E-state index in [1.54, 1.807) is 19.0 Å². The predicted molar refractivity (Wildman–Crippen MR) is 73.8 cm³/mol. The molecular formula is C14H14N4O. The summed E-state index contributed by atoms with van der Waals surface area (Å²) in [5.74, 6) is -0.104. The first-order chi connectivity index (χ1) is 9.17. The zero-order valence-corrected chi connectivity index (χ0v) is 10.8. The van der Waals surface area contributed by atoms with Crippen LogP contribution in [0.2, 0.25) is 0 Å². The molecule has 1 N–H and O–H groups in total. The summed E-state index contributed by atoms with van der Waals surface area (Å²) in [5, 5.41) is 12.6. The maximum atomic E-state index is 11.5. The molecule has 5 nitrogen and oxygen atoms in total. The van der Waals surface area contributed by atoms with Crippen LogP contribution in [0.25, 0.3) is 10.9 Å². The Hall–Kier alpha value is -2.61. The molecule has 1 heterocycles. The predicted octanol–water partition coefficient (Wildman–Crippen LogP) is 1.29. The third-order valence-electron chi connectivity index (χ3n) is 2.91. The molecule has 0 bridgehead atoms. The molecule has 1 amide bonds. The normalized spacial score (nSPS) is 9.95. The van der Waals surface area contributed by atoms with Crippen LogP contribution in [-0.2, 0) is 4.79 Å². The Morgan fingerprint density at radius 3 is 2.89 bits per heavy atom. The number of carbonyl (C=O) groups is 1. The first kappa shape index (κ1) is 12.8. The summed E-state index contributed by atoms with van der Waals surface area (Å²) in [6, 6.07) is 9.69. The Labute approximate surface area is 111 Å². The van der Waals surface area contributed by atoms with Crippen molar-refractivity contribution < 1.29 is 4.79 Å². The molecule has 0 unspecified atom stereocenters. The Morgan fingerprint density at radius 1 is 1.47 bits per heavy atom. The maximum Gasteiger partial charge on any atom is 0.239 e. The van der Waals surface area contributed by atoms with E-state index in [9.17, 15) is 10.1 Å². The fourth-order valence-corrected chi connectivity index (χ4v) is 1.99. The maximum absolute atomic E-state index is 11.5. The summed E-state index contributed by atoms with van der Waals surface area (Å²) < 4.78 is 0. The van der Waals surface area contributed by atoms with Crippen molar-refractivity contribution in [3.63, 3.8) is 0 Å². The first-order valence-corrected chi connectivity index (χ1v) is 5.87. The van der Waals surface area contributed by atoms with E-state index in [2.05, 4.69) is 16.4 Å². The number of amides is 1. The van der Waals surface area contributed by atoms with Gasteiger partial charge in [0.15, 0.2) is 0 Å². The molecule has 5 heteroatoms. The number of benzene rings is 1. The number of pyridine rings is 1. The quantitative estimate of drug-likeness (QED) is 0.896. The van der Waals surface area contributed by atoms with Crippen LogP contribution in [0.5, 0.6) is 0 Å². The number of rotatable bonds is 3. The third kappa shape index (κ3) is 2.47. The molecule has 0 spiro atoms. The molecule has 2 rings (SSSR count). The molecule has 1 aromatic carbocycles. The summed E-state index contributed by atoms with van der Waals surface area (Å²) in [5.41, 5.74) is 2.00. The van der Waals surface area contributed by atoms with Crippen molar-refractivity contribution in [2.45, 2.75) is 0 Å². The standard InChI is InChI=1S/C14H14N4O/c1-16-13(19)9-18(2)14-10(7-15)8-17-12-6-4-3-5-11(12)14/h3-6,8H,9H2,1-2H3,(H,16,19). The van der Waals surface area contributed by atoms with Gasteiger partial charge in [0, 0.05) is 25.7 Å². The van der Waals surface area contributed by atoms with Gasteiger partial charge in [0.05, 0.1) is 23.3 Å². The Kier molecular flexibility index (Phi) is 3.62. The van der Waals surface area contributed by atoms with Crippen LogP contribution < -0.4 is 10.2 Å². The largest absolute Gasteiger partial charge is 0.364 e. The van der Waals surface area contributed by atoms with E-state index in [1.165, 1.54) is 6.20 Å². The van der Waals surface area contributed by atoms with E-state index >= 15 is 0 Å². The number of fused-ring (bicyclic) bond motifs is 1. The lowest BCUT2D eigenvalue weighted by Gasteiger charge is -2.21. The van der Waals surface area contributed by atoms with Crippen molar-refractivity contribution in [2.75, 3.05) is 25.5 Å². The number of nitriles is 1. The highest BCUT2D eigenvalue weighted by molar-refractivity contribution is 5.96. The second-order valence-electron chi connectivity index (χ2n) is 4.18. The molecule has 0 atom stereocenters. The second kappa shape index (κ2) is 5.36. The smallest absolute Gasteiger partial charge is 0.239 e. The van der Waals surface area contributed by atoms with Crippen molar-refractivity contribution in [2.24, 2.45) is 0 Å². The lowest BCUT2D eigenvalue weighted by Crippen LogP contribution is -2.33. The average molecular weight is 254 g/mol. The highest BCUT2D eigenvalue weighted by Gasteiger charge is 2.14. The number of aromatic nitrogens is 1. The van der Waals surface area contributed by atoms with Gasteiger partial charge >= 0.3 is 0 Å². The molecule has 0 fully saturated rings. The van der Waals surface area contributed by atoms with Crippen LogP contribution in [-0.4, -0.2) is 31.5 Å². The van der Waals surface area contributed by atoms with Gasteiger partial charge in [0.2, 0.25) is 5.91 Å². The minimum absolute atomic E-state index is 0.104. The minimum atomic E-state index is -0.104. The summed E-state index contributed by atoms with van der Waals surface area (Å²) in [4.78, 5) is 17.5. The SMILES string of the molecule is CNC(=O)CN(C)c1c(C#N)cnc2ccccc12. The van der Waals surface area contributed by atoms with Gasteiger partial charge in [-0.15, -0.1) is 0 Å². The molecule has 96 valence electrons. The zero-order chi connectivity index (χ0) is 13.8. The topological polar surface area (TPSA) is 69.0 Å². The Bertz CT molecular complexity index is 660. The van der Waals surface area contributed by atoms with Crippen molar-refractivity contribution in [1.29, 1.82) is 5.26 Å². The third-order valence-corrected chi connectivity index (χ3v) is 2.91. The van der Waals surface area contributed by atoms with Gasteiger partial charge in [-0.25, -0.2) is 0 Å². The molecule has 0 aliphatic rings. The van der Waals surface area contributed by atoms with Crippen molar-refractivity contribution >= 4 is 22.5 Å². The summed E-state index contributed by atoms with van der Waals surface area (Å²) in [6.45, 7) is 0.194. The lowest BCUT2D eigenvalue weighted by molar-refractivity contribution is -0.119. The van der Waals surface area contributed by atoms with Gasteiger partial charge in [-0.2, -0.15) is 5.26 Å². The lowest BCUT2D eigenvalue weighted by atomic mass is 10.1. The van der Waals surface area contributed by atoms with Crippen LogP contribution in [0.4, 0.5) is 5.69 Å². The van der Waals surface area contributed by atoms with Gasteiger partial charge in [-0.3, -0.25) is 9.78 Å². The highest BCUT2D eigenvalue weighted by atomic mass is 16.1. The van der Waals surface area contributed by atoms with Gasteiger partial charge in [0.25, 0.3) is 0 Å². The number of carbonyl (C=O) groups excluding carboxylic acids is 1.